The minimum atomic E-state index is -4.18. The fourth-order valence-corrected chi connectivity index (χ4v) is 5.95. The lowest BCUT2D eigenvalue weighted by Gasteiger charge is -2.14. The van der Waals surface area contributed by atoms with E-state index < -0.39 is 27.1 Å². The number of carbonyl (C=O) groups excluding carboxylic acids is 2. The number of benzene rings is 4. The summed E-state index contributed by atoms with van der Waals surface area (Å²) in [4.78, 5) is 27.0. The van der Waals surface area contributed by atoms with Crippen LogP contribution in [0.1, 0.15) is 16.7 Å². The van der Waals surface area contributed by atoms with E-state index in [9.17, 15) is 22.4 Å². The molecule has 0 N–H and O–H groups in total. The minimum absolute atomic E-state index is 0.0117. The summed E-state index contributed by atoms with van der Waals surface area (Å²) < 4.78 is 45.1. The molecule has 1 heterocycles. The first kappa shape index (κ1) is 26.0. The van der Waals surface area contributed by atoms with Crippen molar-refractivity contribution in [3.05, 3.63) is 111 Å². The van der Waals surface area contributed by atoms with Crippen LogP contribution in [0, 0.1) is 12.7 Å². The van der Waals surface area contributed by atoms with Crippen molar-refractivity contribution in [3.8, 4) is 5.75 Å². The fourth-order valence-electron chi connectivity index (χ4n) is 3.96. The van der Waals surface area contributed by atoms with E-state index >= 15 is 0 Å². The molecule has 0 saturated carbocycles. The number of amides is 2. The molecule has 0 atom stereocenters. The normalized spacial score (nSPS) is 15.0. The van der Waals surface area contributed by atoms with Gasteiger partial charge in [0.05, 0.1) is 11.4 Å². The monoisotopic (exact) mass is 567 g/mol. The van der Waals surface area contributed by atoms with E-state index in [2.05, 4.69) is 0 Å². The Morgan fingerprint density at radius 3 is 2.47 bits per heavy atom. The van der Waals surface area contributed by atoms with Gasteiger partial charge in [-0.1, -0.05) is 65.7 Å². The van der Waals surface area contributed by atoms with Gasteiger partial charge in [-0.25, -0.2) is 4.39 Å². The molecule has 1 fully saturated rings. The van der Waals surface area contributed by atoms with Gasteiger partial charge in [0.15, 0.2) is 5.75 Å². The first-order valence-electron chi connectivity index (χ1n) is 11.3. The van der Waals surface area contributed by atoms with Crippen LogP contribution in [0.2, 0.25) is 5.02 Å². The zero-order valence-electron chi connectivity index (χ0n) is 19.9. The van der Waals surface area contributed by atoms with Crippen molar-refractivity contribution in [1.29, 1.82) is 0 Å². The number of imide groups is 1. The van der Waals surface area contributed by atoms with Gasteiger partial charge in [-0.3, -0.25) is 14.5 Å². The molecule has 4 aromatic carbocycles. The van der Waals surface area contributed by atoms with Crippen LogP contribution in [-0.4, -0.2) is 24.5 Å². The van der Waals surface area contributed by atoms with Gasteiger partial charge in [-0.15, -0.1) is 0 Å². The molecule has 0 spiro atoms. The molecule has 5 rings (SSSR count). The van der Waals surface area contributed by atoms with E-state index in [0.717, 1.165) is 21.9 Å². The van der Waals surface area contributed by atoms with Gasteiger partial charge in [0.2, 0.25) is 0 Å². The van der Waals surface area contributed by atoms with Crippen molar-refractivity contribution >= 4 is 61.5 Å². The Morgan fingerprint density at radius 1 is 1.00 bits per heavy atom. The molecule has 0 bridgehead atoms. The Kier molecular flexibility index (Phi) is 7.00. The second-order valence-corrected chi connectivity index (χ2v) is 11.5. The highest BCUT2D eigenvalue weighted by Gasteiger charge is 2.36. The van der Waals surface area contributed by atoms with Crippen LogP contribution >= 0.6 is 23.4 Å². The average Bonchev–Trinajstić information content (AvgIpc) is 3.14. The molecular weight excluding hydrogens is 549 g/mol. The molecule has 38 heavy (non-hydrogen) atoms. The molecule has 1 saturated heterocycles. The van der Waals surface area contributed by atoms with Crippen LogP contribution in [0.25, 0.3) is 16.8 Å². The van der Waals surface area contributed by atoms with Gasteiger partial charge < -0.3 is 4.18 Å². The number of nitrogens with zero attached hydrogens (tertiary/aromatic N) is 1. The molecule has 1 aliphatic rings. The maximum atomic E-state index is 13.4. The predicted molar refractivity (Wildman–Crippen MR) is 146 cm³/mol. The van der Waals surface area contributed by atoms with Gasteiger partial charge in [0.25, 0.3) is 11.1 Å². The van der Waals surface area contributed by atoms with Crippen LogP contribution in [0.5, 0.6) is 5.75 Å². The lowest BCUT2D eigenvalue weighted by atomic mass is 10.0. The van der Waals surface area contributed by atoms with Crippen LogP contribution in [0.3, 0.4) is 0 Å². The summed E-state index contributed by atoms with van der Waals surface area (Å²) in [6, 6.07) is 20.4. The third-order valence-corrected chi connectivity index (χ3v) is 8.44. The van der Waals surface area contributed by atoms with Crippen LogP contribution in [0.4, 0.5) is 9.18 Å². The highest BCUT2D eigenvalue weighted by atomic mass is 35.5. The van der Waals surface area contributed by atoms with Gasteiger partial charge in [0, 0.05) is 10.6 Å². The molecule has 192 valence electrons. The zero-order chi connectivity index (χ0) is 27.0. The Morgan fingerprint density at radius 2 is 1.74 bits per heavy atom. The number of hydrogen-bond acceptors (Lipinski definition) is 6. The third kappa shape index (κ3) is 5.18. The molecule has 0 radical (unpaired) electrons. The number of halogens is 2. The average molecular weight is 568 g/mol. The highest BCUT2D eigenvalue weighted by molar-refractivity contribution is 8.18. The minimum Gasteiger partial charge on any atom is -0.378 e. The number of carbonyl (C=O) groups is 2. The molecular formula is C28H19ClFNO5S2. The van der Waals surface area contributed by atoms with Crippen LogP contribution < -0.4 is 4.18 Å². The molecule has 0 aliphatic carbocycles. The Bertz CT molecular complexity index is 1740. The van der Waals surface area contributed by atoms with E-state index in [1.807, 2.05) is 19.1 Å². The maximum Gasteiger partial charge on any atom is 0.339 e. The molecule has 4 aromatic rings. The Balaban J connectivity index is 1.54. The van der Waals surface area contributed by atoms with E-state index in [-0.39, 0.29) is 27.1 Å². The standard InChI is InChI=1S/C28H19ClFNO5S2/c1-17-6-11-21(12-7-17)38(34,35)36-25-13-9-18-4-2-3-5-22(18)23(25)15-26-27(32)31(28(33)37-26)16-19-8-10-20(30)14-24(19)29/h2-15H,16H2,1H3/b26-15-. The van der Waals surface area contributed by atoms with E-state index in [1.54, 1.807) is 30.3 Å². The first-order chi connectivity index (χ1) is 18.1. The third-order valence-electron chi connectivity index (χ3n) is 5.93. The predicted octanol–water partition coefficient (Wildman–Crippen LogP) is 6.94. The van der Waals surface area contributed by atoms with Crippen molar-refractivity contribution in [2.45, 2.75) is 18.4 Å². The lowest BCUT2D eigenvalue weighted by Crippen LogP contribution is -2.27. The Labute approximate surface area is 227 Å². The molecule has 0 aromatic heterocycles. The number of hydrogen-bond donors (Lipinski definition) is 0. The summed E-state index contributed by atoms with van der Waals surface area (Å²) in [5.41, 5.74) is 1.65. The second-order valence-electron chi connectivity index (χ2n) is 8.55. The van der Waals surface area contributed by atoms with Gasteiger partial charge >= 0.3 is 10.1 Å². The summed E-state index contributed by atoms with van der Waals surface area (Å²) in [7, 11) is -4.18. The number of rotatable bonds is 6. The second kappa shape index (κ2) is 10.2. The van der Waals surface area contributed by atoms with Crippen molar-refractivity contribution in [3.63, 3.8) is 0 Å². The van der Waals surface area contributed by atoms with Crippen molar-refractivity contribution < 1.29 is 26.6 Å². The Hall–Kier alpha value is -3.66. The molecule has 6 nitrogen and oxygen atoms in total. The lowest BCUT2D eigenvalue weighted by molar-refractivity contribution is -0.123. The van der Waals surface area contributed by atoms with Gasteiger partial charge in [-0.2, -0.15) is 8.42 Å². The topological polar surface area (TPSA) is 80.8 Å². The summed E-state index contributed by atoms with van der Waals surface area (Å²) in [5.74, 6) is -1.10. The van der Waals surface area contributed by atoms with Crippen molar-refractivity contribution in [2.24, 2.45) is 0 Å². The molecule has 1 aliphatic heterocycles. The first-order valence-corrected chi connectivity index (χ1v) is 13.9. The van der Waals surface area contributed by atoms with Crippen LogP contribution in [0.15, 0.2) is 88.7 Å². The summed E-state index contributed by atoms with van der Waals surface area (Å²) in [6.45, 7) is 1.71. The van der Waals surface area contributed by atoms with Crippen molar-refractivity contribution in [1.82, 2.24) is 4.90 Å². The summed E-state index contributed by atoms with van der Waals surface area (Å²) in [5, 5.41) is 0.990. The maximum absolute atomic E-state index is 13.4. The van der Waals surface area contributed by atoms with Gasteiger partial charge in [-0.05, 0) is 71.4 Å². The number of aryl methyl sites for hydroxylation is 1. The van der Waals surface area contributed by atoms with E-state index in [1.165, 1.54) is 36.4 Å². The number of fused-ring (bicyclic) bond motifs is 1. The molecule has 10 heteroatoms. The molecule has 0 unspecified atom stereocenters. The largest absolute Gasteiger partial charge is 0.378 e. The zero-order valence-corrected chi connectivity index (χ0v) is 22.2. The van der Waals surface area contributed by atoms with E-state index in [4.69, 9.17) is 15.8 Å². The summed E-state index contributed by atoms with van der Waals surface area (Å²) in [6.07, 6.45) is 1.46. The molecule has 2 amide bonds. The fraction of sp³-hybridized carbons (Fsp3) is 0.0714. The number of thioether (sulfide) groups is 1. The summed E-state index contributed by atoms with van der Waals surface area (Å²) >= 11 is 6.81. The SMILES string of the molecule is Cc1ccc(S(=O)(=O)Oc2ccc3ccccc3c2/C=C2\SC(=O)N(Cc3ccc(F)cc3Cl)C2=O)cc1. The van der Waals surface area contributed by atoms with Gasteiger partial charge in [0.1, 0.15) is 10.7 Å². The quantitative estimate of drug-likeness (QED) is 0.185. The smallest absolute Gasteiger partial charge is 0.339 e. The van der Waals surface area contributed by atoms with Crippen molar-refractivity contribution in [2.75, 3.05) is 0 Å². The van der Waals surface area contributed by atoms with E-state index in [0.29, 0.717) is 28.3 Å². The van der Waals surface area contributed by atoms with Crippen LogP contribution in [-0.2, 0) is 21.5 Å². The highest BCUT2D eigenvalue weighted by Crippen LogP contribution is 2.38.